The van der Waals surface area contributed by atoms with E-state index in [1.807, 2.05) is 5.38 Å². The zero-order chi connectivity index (χ0) is 12.1. The van der Waals surface area contributed by atoms with Crippen molar-refractivity contribution in [2.75, 3.05) is 6.54 Å². The molecule has 4 nitrogen and oxygen atoms in total. The van der Waals surface area contributed by atoms with E-state index in [1.165, 1.54) is 23.6 Å². The third-order valence-corrected chi connectivity index (χ3v) is 2.77. The number of carbonyl (C=O) groups excluding carboxylic acids is 1. The highest BCUT2D eigenvalue weighted by molar-refractivity contribution is 7.07. The molecule has 1 amide bonds. The summed E-state index contributed by atoms with van der Waals surface area (Å²) in [5.41, 5.74) is 2.96. The summed E-state index contributed by atoms with van der Waals surface area (Å²) < 4.78 is 12.8. The number of nitrogens with one attached hydrogen (secondary N) is 1. The van der Waals surface area contributed by atoms with Crippen molar-refractivity contribution in [1.82, 2.24) is 15.3 Å². The van der Waals surface area contributed by atoms with Crippen LogP contribution in [0.2, 0.25) is 0 Å². The number of aromatic nitrogens is 2. The summed E-state index contributed by atoms with van der Waals surface area (Å²) >= 11 is 1.52. The van der Waals surface area contributed by atoms with Crippen LogP contribution in [0.1, 0.15) is 16.1 Å². The zero-order valence-electron chi connectivity index (χ0n) is 8.89. The standard InChI is InChI=1S/C11H10FN3OS/c12-10-5-8(1-3-13-10)11(16)14-4-2-9-6-17-7-15-9/h1,3,5-7H,2,4H2,(H,14,16). The third-order valence-electron chi connectivity index (χ3n) is 2.14. The van der Waals surface area contributed by atoms with Crippen LogP contribution in [0, 0.1) is 5.95 Å². The highest BCUT2D eigenvalue weighted by Gasteiger charge is 2.06. The summed E-state index contributed by atoms with van der Waals surface area (Å²) in [5, 5.41) is 4.62. The Morgan fingerprint density at radius 3 is 3.06 bits per heavy atom. The minimum atomic E-state index is -0.655. The van der Waals surface area contributed by atoms with Crippen molar-refractivity contribution in [2.24, 2.45) is 0 Å². The number of pyridine rings is 1. The Kier molecular flexibility index (Phi) is 3.77. The number of carbonyl (C=O) groups is 1. The average Bonchev–Trinajstić information content (AvgIpc) is 2.82. The molecular weight excluding hydrogens is 241 g/mol. The van der Waals surface area contributed by atoms with E-state index in [-0.39, 0.29) is 11.5 Å². The number of thiazole rings is 1. The summed E-state index contributed by atoms with van der Waals surface area (Å²) in [6.45, 7) is 0.479. The van der Waals surface area contributed by atoms with Gasteiger partial charge < -0.3 is 5.32 Å². The van der Waals surface area contributed by atoms with Gasteiger partial charge in [-0.15, -0.1) is 11.3 Å². The van der Waals surface area contributed by atoms with Crippen molar-refractivity contribution < 1.29 is 9.18 Å². The lowest BCUT2D eigenvalue weighted by Crippen LogP contribution is -2.25. The van der Waals surface area contributed by atoms with E-state index in [9.17, 15) is 9.18 Å². The fraction of sp³-hybridized carbons (Fsp3) is 0.182. The molecule has 88 valence electrons. The van der Waals surface area contributed by atoms with Crippen molar-refractivity contribution in [2.45, 2.75) is 6.42 Å². The average molecular weight is 251 g/mol. The van der Waals surface area contributed by atoms with E-state index in [2.05, 4.69) is 15.3 Å². The van der Waals surface area contributed by atoms with E-state index in [4.69, 9.17) is 0 Å². The molecule has 0 spiro atoms. The molecule has 6 heteroatoms. The van der Waals surface area contributed by atoms with Crippen LogP contribution in [0.3, 0.4) is 0 Å². The summed E-state index contributed by atoms with van der Waals surface area (Å²) in [6.07, 6.45) is 1.94. The highest BCUT2D eigenvalue weighted by atomic mass is 32.1. The number of amides is 1. The van der Waals surface area contributed by atoms with E-state index < -0.39 is 5.95 Å². The smallest absolute Gasteiger partial charge is 0.251 e. The summed E-state index contributed by atoms with van der Waals surface area (Å²) in [6, 6.07) is 2.58. The number of hydrogen-bond donors (Lipinski definition) is 1. The lowest BCUT2D eigenvalue weighted by molar-refractivity contribution is 0.0953. The SMILES string of the molecule is O=C(NCCc1cscn1)c1ccnc(F)c1. The Morgan fingerprint density at radius 1 is 1.47 bits per heavy atom. The van der Waals surface area contributed by atoms with E-state index in [1.54, 1.807) is 5.51 Å². The fourth-order valence-corrected chi connectivity index (χ4v) is 1.90. The zero-order valence-corrected chi connectivity index (χ0v) is 9.71. The third kappa shape index (κ3) is 3.32. The molecule has 0 aliphatic rings. The first-order valence-electron chi connectivity index (χ1n) is 5.02. The Bertz CT molecular complexity index is 501. The van der Waals surface area contributed by atoms with Crippen molar-refractivity contribution in [3.05, 3.63) is 46.4 Å². The first kappa shape index (κ1) is 11.7. The molecule has 2 aromatic heterocycles. The molecule has 0 saturated heterocycles. The van der Waals surface area contributed by atoms with E-state index >= 15 is 0 Å². The van der Waals surface area contributed by atoms with Gasteiger partial charge >= 0.3 is 0 Å². The molecule has 0 aliphatic heterocycles. The topological polar surface area (TPSA) is 54.9 Å². The molecule has 0 fully saturated rings. The maximum atomic E-state index is 12.8. The van der Waals surface area contributed by atoms with Gasteiger partial charge in [0.1, 0.15) is 0 Å². The Labute approximate surface area is 102 Å². The molecule has 0 aliphatic carbocycles. The summed E-state index contributed by atoms with van der Waals surface area (Å²) in [4.78, 5) is 19.1. The summed E-state index contributed by atoms with van der Waals surface area (Å²) in [7, 11) is 0. The van der Waals surface area contributed by atoms with Crippen LogP contribution in [-0.4, -0.2) is 22.4 Å². The Morgan fingerprint density at radius 2 is 2.35 bits per heavy atom. The van der Waals surface area contributed by atoms with E-state index in [0.717, 1.165) is 11.8 Å². The predicted molar refractivity (Wildman–Crippen MR) is 62.3 cm³/mol. The minimum absolute atomic E-state index is 0.274. The number of hydrogen-bond acceptors (Lipinski definition) is 4. The van der Waals surface area contributed by atoms with Gasteiger partial charge in [0, 0.05) is 36.2 Å². The second kappa shape index (κ2) is 5.49. The van der Waals surface area contributed by atoms with Gasteiger partial charge in [-0.3, -0.25) is 4.79 Å². The molecule has 2 heterocycles. The van der Waals surface area contributed by atoms with Crippen molar-refractivity contribution in [1.29, 1.82) is 0 Å². The molecule has 0 saturated carbocycles. The van der Waals surface area contributed by atoms with Gasteiger partial charge in [-0.2, -0.15) is 4.39 Å². The van der Waals surface area contributed by atoms with Crippen molar-refractivity contribution in [3.8, 4) is 0 Å². The van der Waals surface area contributed by atoms with Gasteiger partial charge in [0.2, 0.25) is 5.95 Å². The molecule has 1 N–H and O–H groups in total. The van der Waals surface area contributed by atoms with Gasteiger partial charge in [-0.1, -0.05) is 0 Å². The molecule has 0 aromatic carbocycles. The van der Waals surface area contributed by atoms with Crippen LogP contribution in [0.15, 0.2) is 29.2 Å². The van der Waals surface area contributed by atoms with Gasteiger partial charge in [-0.05, 0) is 6.07 Å². The summed E-state index contributed by atoms with van der Waals surface area (Å²) in [5.74, 6) is -0.960. The second-order valence-corrected chi connectivity index (χ2v) is 4.07. The quantitative estimate of drug-likeness (QED) is 0.841. The molecule has 17 heavy (non-hydrogen) atoms. The van der Waals surface area contributed by atoms with Crippen LogP contribution in [0.5, 0.6) is 0 Å². The van der Waals surface area contributed by atoms with E-state index in [0.29, 0.717) is 13.0 Å². The lowest BCUT2D eigenvalue weighted by atomic mass is 10.2. The Balaban J connectivity index is 1.85. The lowest BCUT2D eigenvalue weighted by Gasteiger charge is -2.03. The number of nitrogens with zero attached hydrogens (tertiary/aromatic N) is 2. The van der Waals surface area contributed by atoms with Gasteiger partial charge in [0.05, 0.1) is 11.2 Å². The van der Waals surface area contributed by atoms with Crippen LogP contribution >= 0.6 is 11.3 Å². The van der Waals surface area contributed by atoms with Crippen LogP contribution in [0.25, 0.3) is 0 Å². The predicted octanol–water partition coefficient (Wildman–Crippen LogP) is 1.65. The molecule has 2 rings (SSSR count). The maximum Gasteiger partial charge on any atom is 0.251 e. The largest absolute Gasteiger partial charge is 0.352 e. The van der Waals surface area contributed by atoms with Gasteiger partial charge in [-0.25, -0.2) is 9.97 Å². The minimum Gasteiger partial charge on any atom is -0.352 e. The molecular formula is C11H10FN3OS. The van der Waals surface area contributed by atoms with Gasteiger partial charge in [0.15, 0.2) is 0 Å². The van der Waals surface area contributed by atoms with Crippen LogP contribution < -0.4 is 5.32 Å². The fourth-order valence-electron chi connectivity index (χ4n) is 1.31. The Hall–Kier alpha value is -1.82. The molecule has 0 atom stereocenters. The monoisotopic (exact) mass is 251 g/mol. The molecule has 0 radical (unpaired) electrons. The van der Waals surface area contributed by atoms with Crippen LogP contribution in [0.4, 0.5) is 4.39 Å². The normalized spacial score (nSPS) is 10.2. The molecule has 2 aromatic rings. The van der Waals surface area contributed by atoms with Crippen molar-refractivity contribution in [3.63, 3.8) is 0 Å². The van der Waals surface area contributed by atoms with Gasteiger partial charge in [0.25, 0.3) is 5.91 Å². The molecule has 0 unspecified atom stereocenters. The van der Waals surface area contributed by atoms with Crippen molar-refractivity contribution >= 4 is 17.2 Å². The second-order valence-electron chi connectivity index (χ2n) is 3.35. The molecule has 0 bridgehead atoms. The number of halogens is 1. The first-order valence-corrected chi connectivity index (χ1v) is 5.97. The first-order chi connectivity index (χ1) is 8.25. The number of rotatable bonds is 4. The van der Waals surface area contributed by atoms with Crippen LogP contribution in [-0.2, 0) is 6.42 Å². The highest BCUT2D eigenvalue weighted by Crippen LogP contribution is 2.02. The maximum absolute atomic E-state index is 12.8.